The van der Waals surface area contributed by atoms with Gasteiger partial charge in [-0.3, -0.25) is 4.68 Å². The van der Waals surface area contributed by atoms with Gasteiger partial charge >= 0.3 is 0 Å². The second-order valence-corrected chi connectivity index (χ2v) is 7.66. The van der Waals surface area contributed by atoms with Gasteiger partial charge in [-0.2, -0.15) is 5.10 Å². The Morgan fingerprint density at radius 3 is 2.73 bits per heavy atom. The molecule has 2 aromatic heterocycles. The number of piperidine rings is 1. The van der Waals surface area contributed by atoms with E-state index in [1.807, 2.05) is 22.9 Å². The lowest BCUT2D eigenvalue weighted by molar-refractivity contribution is 0.348. The Labute approximate surface area is 157 Å². The maximum Gasteiger partial charge on any atom is 0.208 e. The first-order valence-electron chi connectivity index (χ1n) is 9.00. The highest BCUT2D eigenvalue weighted by Crippen LogP contribution is 2.30. The van der Waals surface area contributed by atoms with E-state index in [0.29, 0.717) is 12.1 Å². The maximum atomic E-state index is 4.41. The number of hydrogen-bond acceptors (Lipinski definition) is 7. The third kappa shape index (κ3) is 4.08. The summed E-state index contributed by atoms with van der Waals surface area (Å²) in [4.78, 5) is 6.35. The lowest BCUT2D eigenvalue weighted by Gasteiger charge is -2.33. The molecule has 3 aromatic rings. The third-order valence-electron chi connectivity index (χ3n) is 4.65. The van der Waals surface area contributed by atoms with Crippen LogP contribution in [0.5, 0.6) is 0 Å². The molecule has 0 aliphatic carbocycles. The molecule has 0 bridgehead atoms. The monoisotopic (exact) mass is 369 g/mol. The van der Waals surface area contributed by atoms with Gasteiger partial charge in [-0.05, 0) is 19.8 Å². The van der Waals surface area contributed by atoms with Gasteiger partial charge in [-0.15, -0.1) is 10.2 Å². The molecule has 1 fully saturated rings. The number of rotatable bonds is 6. The molecule has 1 N–H and O–H groups in total. The van der Waals surface area contributed by atoms with E-state index in [0.717, 1.165) is 48.2 Å². The molecule has 1 aliphatic rings. The number of aromatic nitrogens is 5. The van der Waals surface area contributed by atoms with Crippen LogP contribution < -0.4 is 10.2 Å². The van der Waals surface area contributed by atoms with Gasteiger partial charge in [0.1, 0.15) is 17.7 Å². The molecule has 1 saturated heterocycles. The van der Waals surface area contributed by atoms with Gasteiger partial charge in [0.15, 0.2) is 0 Å². The average molecular weight is 369 g/mol. The van der Waals surface area contributed by atoms with E-state index in [1.54, 1.807) is 24.0 Å². The molecule has 3 heterocycles. The van der Waals surface area contributed by atoms with Crippen molar-refractivity contribution >= 4 is 16.5 Å². The fourth-order valence-corrected chi connectivity index (χ4v) is 4.24. The highest BCUT2D eigenvalue weighted by Gasteiger charge is 2.23. The molecule has 0 saturated carbocycles. The van der Waals surface area contributed by atoms with Crippen molar-refractivity contribution in [1.82, 2.24) is 30.3 Å². The molecule has 0 unspecified atom stereocenters. The predicted octanol–water partition coefficient (Wildman–Crippen LogP) is 2.44. The topological polar surface area (TPSA) is 71.8 Å². The number of benzene rings is 1. The van der Waals surface area contributed by atoms with Gasteiger partial charge in [0.25, 0.3) is 0 Å². The van der Waals surface area contributed by atoms with Gasteiger partial charge < -0.3 is 10.2 Å². The number of anilines is 1. The molecule has 4 rings (SSSR count). The smallest absolute Gasteiger partial charge is 0.208 e. The average Bonchev–Trinajstić information content (AvgIpc) is 3.35. The van der Waals surface area contributed by atoms with Crippen LogP contribution in [0.3, 0.4) is 0 Å². The standard InChI is InChI=1S/C18H23N7S/c1-14(11-25-13-19-12-20-25)21-16-7-9-24(10-8-16)18-23-22-17(26-18)15-5-3-2-4-6-15/h2-6,12-14,16,21H,7-11H2,1H3/t14-/m0/s1. The Bertz CT molecular complexity index is 794. The van der Waals surface area contributed by atoms with Crippen LogP contribution in [-0.4, -0.2) is 50.1 Å². The first kappa shape index (κ1) is 17.1. The van der Waals surface area contributed by atoms with Gasteiger partial charge in [0.05, 0.1) is 6.54 Å². The van der Waals surface area contributed by atoms with Crippen LogP contribution in [-0.2, 0) is 6.54 Å². The van der Waals surface area contributed by atoms with Crippen molar-refractivity contribution in [1.29, 1.82) is 0 Å². The molecule has 0 radical (unpaired) electrons. The van der Waals surface area contributed by atoms with Crippen LogP contribution in [0.2, 0.25) is 0 Å². The van der Waals surface area contributed by atoms with Crippen molar-refractivity contribution in [3.05, 3.63) is 43.0 Å². The minimum atomic E-state index is 0.375. The van der Waals surface area contributed by atoms with Crippen LogP contribution in [0.25, 0.3) is 10.6 Å². The third-order valence-corrected chi connectivity index (χ3v) is 5.68. The van der Waals surface area contributed by atoms with Crippen molar-refractivity contribution in [2.24, 2.45) is 0 Å². The first-order valence-corrected chi connectivity index (χ1v) is 9.82. The quantitative estimate of drug-likeness (QED) is 0.720. The molecule has 26 heavy (non-hydrogen) atoms. The minimum absolute atomic E-state index is 0.375. The van der Waals surface area contributed by atoms with E-state index < -0.39 is 0 Å². The zero-order chi connectivity index (χ0) is 17.8. The fraction of sp³-hybridized carbons (Fsp3) is 0.444. The number of nitrogens with zero attached hydrogens (tertiary/aromatic N) is 6. The molecular weight excluding hydrogens is 346 g/mol. The van der Waals surface area contributed by atoms with E-state index in [-0.39, 0.29) is 0 Å². The highest BCUT2D eigenvalue weighted by atomic mass is 32.1. The largest absolute Gasteiger partial charge is 0.347 e. The summed E-state index contributed by atoms with van der Waals surface area (Å²) in [6.07, 6.45) is 5.57. The summed E-state index contributed by atoms with van der Waals surface area (Å²) in [7, 11) is 0. The molecule has 1 aliphatic heterocycles. The van der Waals surface area contributed by atoms with Crippen molar-refractivity contribution in [2.75, 3.05) is 18.0 Å². The summed E-state index contributed by atoms with van der Waals surface area (Å²) in [5.74, 6) is 0. The lowest BCUT2D eigenvalue weighted by Crippen LogP contribution is -2.46. The highest BCUT2D eigenvalue weighted by molar-refractivity contribution is 7.18. The van der Waals surface area contributed by atoms with Crippen LogP contribution in [0, 0.1) is 0 Å². The molecular formula is C18H23N7S. The molecule has 1 aromatic carbocycles. The molecule has 0 spiro atoms. The first-order chi connectivity index (χ1) is 12.8. The van der Waals surface area contributed by atoms with Gasteiger partial charge in [0, 0.05) is 30.7 Å². The summed E-state index contributed by atoms with van der Waals surface area (Å²) >= 11 is 1.68. The van der Waals surface area contributed by atoms with Crippen molar-refractivity contribution in [2.45, 2.75) is 38.4 Å². The molecule has 136 valence electrons. The summed E-state index contributed by atoms with van der Waals surface area (Å²) in [5, 5.41) is 18.7. The van der Waals surface area contributed by atoms with Crippen LogP contribution in [0.1, 0.15) is 19.8 Å². The predicted molar refractivity (Wildman–Crippen MR) is 103 cm³/mol. The molecule has 8 heteroatoms. The Hall–Kier alpha value is -2.32. The van der Waals surface area contributed by atoms with E-state index in [1.165, 1.54) is 0 Å². The van der Waals surface area contributed by atoms with Crippen molar-refractivity contribution < 1.29 is 0 Å². The second-order valence-electron chi connectivity index (χ2n) is 6.70. The summed E-state index contributed by atoms with van der Waals surface area (Å²) < 4.78 is 1.87. The van der Waals surface area contributed by atoms with Crippen LogP contribution in [0.4, 0.5) is 5.13 Å². The Kier molecular flexibility index (Phi) is 5.21. The molecule has 7 nitrogen and oxygen atoms in total. The van der Waals surface area contributed by atoms with E-state index in [2.05, 4.69) is 49.6 Å². The second kappa shape index (κ2) is 7.92. The van der Waals surface area contributed by atoms with Crippen LogP contribution in [0.15, 0.2) is 43.0 Å². The normalized spacial score (nSPS) is 16.7. The number of nitrogens with one attached hydrogen (secondary N) is 1. The van der Waals surface area contributed by atoms with Gasteiger partial charge in [0.2, 0.25) is 5.13 Å². The van der Waals surface area contributed by atoms with E-state index >= 15 is 0 Å². The fourth-order valence-electron chi connectivity index (χ4n) is 3.34. The Morgan fingerprint density at radius 1 is 1.19 bits per heavy atom. The van der Waals surface area contributed by atoms with E-state index in [9.17, 15) is 0 Å². The van der Waals surface area contributed by atoms with Gasteiger partial charge in [-0.1, -0.05) is 41.7 Å². The lowest BCUT2D eigenvalue weighted by atomic mass is 10.0. The molecule has 1 atom stereocenters. The Morgan fingerprint density at radius 2 is 2.00 bits per heavy atom. The van der Waals surface area contributed by atoms with Crippen molar-refractivity contribution in [3.63, 3.8) is 0 Å². The maximum absolute atomic E-state index is 4.41. The SMILES string of the molecule is C[C@@H](Cn1cncn1)NC1CCN(c2nnc(-c3ccccc3)s2)CC1. The van der Waals surface area contributed by atoms with E-state index in [4.69, 9.17) is 0 Å². The summed E-state index contributed by atoms with van der Waals surface area (Å²) in [6, 6.07) is 11.2. The minimum Gasteiger partial charge on any atom is -0.347 e. The van der Waals surface area contributed by atoms with Crippen LogP contribution >= 0.6 is 11.3 Å². The van der Waals surface area contributed by atoms with Gasteiger partial charge in [-0.25, -0.2) is 4.98 Å². The van der Waals surface area contributed by atoms with Crippen molar-refractivity contribution in [3.8, 4) is 10.6 Å². The zero-order valence-corrected chi connectivity index (χ0v) is 15.6. The summed E-state index contributed by atoms with van der Waals surface area (Å²) in [6.45, 7) is 5.07. The number of hydrogen-bond donors (Lipinski definition) is 1. The molecule has 0 amide bonds. The summed E-state index contributed by atoms with van der Waals surface area (Å²) in [5.41, 5.74) is 1.13. The zero-order valence-electron chi connectivity index (χ0n) is 14.8. The Balaban J connectivity index is 1.29.